The highest BCUT2D eigenvalue weighted by Crippen LogP contribution is 2.17. The number of carbonyl (C=O) groups is 2. The van der Waals surface area contributed by atoms with Gasteiger partial charge in [0.15, 0.2) is 0 Å². The van der Waals surface area contributed by atoms with Crippen LogP contribution in [-0.2, 0) is 16.1 Å². The van der Waals surface area contributed by atoms with Crippen LogP contribution in [0.1, 0.15) is 12.8 Å². The van der Waals surface area contributed by atoms with Gasteiger partial charge in [-0.3, -0.25) is 9.59 Å². The molecular weight excluding hydrogens is 288 g/mol. The van der Waals surface area contributed by atoms with E-state index >= 15 is 0 Å². The Morgan fingerprint density at radius 3 is 2.86 bits per heavy atom. The zero-order valence-corrected chi connectivity index (χ0v) is 11.7. The first-order chi connectivity index (χ1) is 10.6. The van der Waals surface area contributed by atoms with Crippen LogP contribution >= 0.6 is 0 Å². The zero-order chi connectivity index (χ0) is 15.7. The van der Waals surface area contributed by atoms with Crippen molar-refractivity contribution >= 4 is 22.8 Å². The molecule has 1 aromatic carbocycles. The summed E-state index contributed by atoms with van der Waals surface area (Å²) in [6.07, 6.45) is 1.07. The normalized spacial score (nSPS) is 17.8. The van der Waals surface area contributed by atoms with Gasteiger partial charge in [-0.05, 0) is 25.0 Å². The fourth-order valence-corrected chi connectivity index (χ4v) is 2.67. The van der Waals surface area contributed by atoms with Crippen molar-refractivity contribution in [3.63, 3.8) is 0 Å². The maximum atomic E-state index is 12.3. The molecule has 114 valence electrons. The van der Waals surface area contributed by atoms with Gasteiger partial charge in [-0.15, -0.1) is 5.10 Å². The number of benzene rings is 1. The second kappa shape index (κ2) is 5.55. The Bertz CT molecular complexity index is 801. The van der Waals surface area contributed by atoms with E-state index in [-0.39, 0.29) is 6.54 Å². The van der Waals surface area contributed by atoms with Gasteiger partial charge < -0.3 is 10.0 Å². The number of aromatic nitrogens is 3. The number of carboxylic acid groups (broad SMARTS) is 1. The molecule has 1 amide bonds. The van der Waals surface area contributed by atoms with E-state index < -0.39 is 23.5 Å². The van der Waals surface area contributed by atoms with E-state index in [0.29, 0.717) is 30.3 Å². The minimum atomic E-state index is -1.03. The number of carbonyl (C=O) groups excluding carboxylic acids is 1. The molecule has 0 aliphatic carbocycles. The summed E-state index contributed by atoms with van der Waals surface area (Å²) in [5.74, 6) is -1.46. The minimum absolute atomic E-state index is 0.305. The molecule has 1 fully saturated rings. The molecule has 22 heavy (non-hydrogen) atoms. The summed E-state index contributed by atoms with van der Waals surface area (Å²) in [5.41, 5.74) is 0.0470. The van der Waals surface area contributed by atoms with Crippen molar-refractivity contribution < 1.29 is 14.7 Å². The van der Waals surface area contributed by atoms with Crippen LogP contribution in [0.2, 0.25) is 0 Å². The maximum Gasteiger partial charge on any atom is 0.326 e. The predicted octanol–water partition coefficient (Wildman–Crippen LogP) is -0.133. The molecule has 2 aromatic rings. The van der Waals surface area contributed by atoms with Crippen LogP contribution < -0.4 is 5.56 Å². The average molecular weight is 302 g/mol. The molecule has 1 aliphatic rings. The monoisotopic (exact) mass is 302 g/mol. The highest BCUT2D eigenvalue weighted by Gasteiger charge is 2.34. The molecule has 0 unspecified atom stereocenters. The Hall–Kier alpha value is -2.77. The standard InChI is InChI=1S/C14H14N4O4/c19-12(17-7-3-6-11(17)14(21)22)8-18-13(20)9-4-1-2-5-10(9)15-16-18/h1-2,4-5,11H,3,6-8H2,(H,21,22)/t11-/m1/s1. The lowest BCUT2D eigenvalue weighted by atomic mass is 10.2. The lowest BCUT2D eigenvalue weighted by Gasteiger charge is -2.21. The molecule has 8 heteroatoms. The van der Waals surface area contributed by atoms with Crippen molar-refractivity contribution in [1.29, 1.82) is 0 Å². The van der Waals surface area contributed by atoms with Crippen LogP contribution in [-0.4, -0.2) is 49.5 Å². The van der Waals surface area contributed by atoms with Crippen LogP contribution in [0, 0.1) is 0 Å². The first-order valence-electron chi connectivity index (χ1n) is 6.93. The second-order valence-electron chi connectivity index (χ2n) is 5.15. The molecule has 0 radical (unpaired) electrons. The summed E-state index contributed by atoms with van der Waals surface area (Å²) < 4.78 is 0.974. The number of rotatable bonds is 3. The van der Waals surface area contributed by atoms with Gasteiger partial charge in [0.25, 0.3) is 5.56 Å². The number of carboxylic acids is 1. The van der Waals surface area contributed by atoms with Crippen LogP contribution in [0.15, 0.2) is 29.1 Å². The summed E-state index contributed by atoms with van der Waals surface area (Å²) in [4.78, 5) is 36.9. The van der Waals surface area contributed by atoms with Gasteiger partial charge in [0.05, 0.1) is 5.39 Å². The van der Waals surface area contributed by atoms with Crippen molar-refractivity contribution in [2.75, 3.05) is 6.54 Å². The van der Waals surface area contributed by atoms with Crippen molar-refractivity contribution in [3.05, 3.63) is 34.6 Å². The van der Waals surface area contributed by atoms with E-state index in [4.69, 9.17) is 5.11 Å². The highest BCUT2D eigenvalue weighted by molar-refractivity contribution is 5.84. The SMILES string of the molecule is O=C(O)[C@H]1CCCN1C(=O)Cn1nnc2ccccc2c1=O. The smallest absolute Gasteiger partial charge is 0.326 e. The second-order valence-corrected chi connectivity index (χ2v) is 5.15. The third-order valence-electron chi connectivity index (χ3n) is 3.77. The minimum Gasteiger partial charge on any atom is -0.480 e. The molecule has 0 saturated carbocycles. The van der Waals surface area contributed by atoms with Gasteiger partial charge in [0.2, 0.25) is 5.91 Å². The number of nitrogens with zero attached hydrogens (tertiary/aromatic N) is 4. The third kappa shape index (κ3) is 2.43. The molecule has 1 N–H and O–H groups in total. The molecule has 1 saturated heterocycles. The number of hydrogen-bond donors (Lipinski definition) is 1. The summed E-state index contributed by atoms with van der Waals surface area (Å²) in [6.45, 7) is 0.0754. The summed E-state index contributed by atoms with van der Waals surface area (Å²) in [7, 11) is 0. The fourth-order valence-electron chi connectivity index (χ4n) is 2.67. The topological polar surface area (TPSA) is 105 Å². The molecule has 3 rings (SSSR count). The van der Waals surface area contributed by atoms with Crippen LogP contribution in [0.5, 0.6) is 0 Å². The van der Waals surface area contributed by atoms with E-state index in [1.165, 1.54) is 4.90 Å². The number of likely N-dealkylation sites (tertiary alicyclic amines) is 1. The van der Waals surface area contributed by atoms with E-state index in [1.54, 1.807) is 24.3 Å². The summed E-state index contributed by atoms with van der Waals surface area (Å²) >= 11 is 0. The van der Waals surface area contributed by atoms with E-state index in [1.807, 2.05) is 0 Å². The lowest BCUT2D eigenvalue weighted by molar-refractivity contribution is -0.148. The first-order valence-corrected chi connectivity index (χ1v) is 6.93. The summed E-state index contributed by atoms with van der Waals surface area (Å²) in [5, 5.41) is 17.1. The van der Waals surface area contributed by atoms with Crippen molar-refractivity contribution in [3.8, 4) is 0 Å². The number of hydrogen-bond acceptors (Lipinski definition) is 5. The van der Waals surface area contributed by atoms with Gasteiger partial charge >= 0.3 is 5.97 Å². The Morgan fingerprint density at radius 2 is 2.09 bits per heavy atom. The van der Waals surface area contributed by atoms with Crippen LogP contribution in [0.25, 0.3) is 10.9 Å². The van der Waals surface area contributed by atoms with Gasteiger partial charge in [0.1, 0.15) is 18.1 Å². The van der Waals surface area contributed by atoms with Gasteiger partial charge in [-0.2, -0.15) is 0 Å². The highest BCUT2D eigenvalue weighted by atomic mass is 16.4. The number of amides is 1. The molecule has 1 aliphatic heterocycles. The fraction of sp³-hybridized carbons (Fsp3) is 0.357. The Balaban J connectivity index is 1.87. The molecule has 1 atom stereocenters. The van der Waals surface area contributed by atoms with Gasteiger partial charge in [-0.25, -0.2) is 9.48 Å². The van der Waals surface area contributed by atoms with Gasteiger partial charge in [0, 0.05) is 6.54 Å². The lowest BCUT2D eigenvalue weighted by Crippen LogP contribution is -2.43. The predicted molar refractivity (Wildman–Crippen MR) is 76.2 cm³/mol. The quantitative estimate of drug-likeness (QED) is 0.846. The molecule has 2 heterocycles. The molecule has 1 aromatic heterocycles. The average Bonchev–Trinajstić information content (AvgIpc) is 3.00. The summed E-state index contributed by atoms with van der Waals surface area (Å²) in [6, 6.07) is 5.91. The number of fused-ring (bicyclic) bond motifs is 1. The van der Waals surface area contributed by atoms with E-state index in [9.17, 15) is 14.4 Å². The van der Waals surface area contributed by atoms with Crippen molar-refractivity contribution in [2.45, 2.75) is 25.4 Å². The van der Waals surface area contributed by atoms with Crippen LogP contribution in [0.4, 0.5) is 0 Å². The molecular formula is C14H14N4O4. The largest absolute Gasteiger partial charge is 0.480 e. The number of aliphatic carboxylic acids is 1. The zero-order valence-electron chi connectivity index (χ0n) is 11.7. The van der Waals surface area contributed by atoms with E-state index in [0.717, 1.165) is 4.68 Å². The Labute approximate surface area is 125 Å². The molecule has 8 nitrogen and oxygen atoms in total. The van der Waals surface area contributed by atoms with Crippen molar-refractivity contribution in [2.24, 2.45) is 0 Å². The molecule has 0 bridgehead atoms. The third-order valence-corrected chi connectivity index (χ3v) is 3.77. The Morgan fingerprint density at radius 1 is 1.32 bits per heavy atom. The van der Waals surface area contributed by atoms with Crippen LogP contribution in [0.3, 0.4) is 0 Å². The molecule has 0 spiro atoms. The van der Waals surface area contributed by atoms with Gasteiger partial charge in [-0.1, -0.05) is 17.3 Å². The Kier molecular flexibility index (Phi) is 3.58. The van der Waals surface area contributed by atoms with Crippen molar-refractivity contribution in [1.82, 2.24) is 19.9 Å². The maximum absolute atomic E-state index is 12.3. The first kappa shape index (κ1) is 14.2. The van der Waals surface area contributed by atoms with E-state index in [2.05, 4.69) is 10.3 Å².